The molecule has 0 fully saturated rings. The number of nitrogens with one attached hydrogen (secondary N) is 1. The van der Waals surface area contributed by atoms with Gasteiger partial charge in [-0.15, -0.1) is 0 Å². The molecular weight excluding hydrogens is 520 g/mol. The maximum Gasteiger partial charge on any atom is 0.453 e. The highest BCUT2D eigenvalue weighted by atomic mass is 19.4. The van der Waals surface area contributed by atoms with Crippen molar-refractivity contribution < 1.29 is 36.2 Å². The topological polar surface area (TPSA) is 131 Å². The lowest BCUT2D eigenvalue weighted by molar-refractivity contribution is -0.284. The van der Waals surface area contributed by atoms with Crippen molar-refractivity contribution in [2.24, 2.45) is 0 Å². The molecule has 1 aromatic carbocycles. The number of alkyl halides is 5. The van der Waals surface area contributed by atoms with E-state index in [-0.39, 0.29) is 45.6 Å². The van der Waals surface area contributed by atoms with Crippen LogP contribution in [0.15, 0.2) is 36.8 Å². The van der Waals surface area contributed by atoms with Gasteiger partial charge in [-0.2, -0.15) is 22.0 Å². The number of imidazole rings is 1. The first-order chi connectivity index (χ1) is 17.7. The van der Waals surface area contributed by atoms with Crippen LogP contribution in [0.1, 0.15) is 30.2 Å². The van der Waals surface area contributed by atoms with E-state index in [0.29, 0.717) is 0 Å². The third kappa shape index (κ3) is 3.85. The van der Waals surface area contributed by atoms with Crippen molar-refractivity contribution >= 4 is 23.2 Å². The summed E-state index contributed by atoms with van der Waals surface area (Å²) < 4.78 is 80.1. The average molecular weight is 537 g/mol. The Morgan fingerprint density at radius 2 is 1.89 bits per heavy atom. The molecule has 0 aliphatic carbocycles. The van der Waals surface area contributed by atoms with Crippen LogP contribution in [0.2, 0.25) is 0 Å². The standard InChI is InChI=1S/C23H17F6N7O2/c1-21(10-2-3-11(24)14(37)8-10)15-16(30)33-17(34-18(15)35-20(21)38)13-9-36-7-6-31-19(36)12(32-13)4-5-22(25,26)23(27,28)29/h2-3,6-9,37H,4-5H2,1H3,(H3,30,33,34,35,38). The van der Waals surface area contributed by atoms with Gasteiger partial charge in [0.2, 0.25) is 5.91 Å². The molecule has 1 unspecified atom stereocenters. The fourth-order valence-electron chi connectivity index (χ4n) is 4.31. The molecular formula is C23H17F6N7O2. The minimum atomic E-state index is -5.72. The predicted octanol–water partition coefficient (Wildman–Crippen LogP) is 4.00. The van der Waals surface area contributed by atoms with Gasteiger partial charge in [0.1, 0.15) is 22.7 Å². The number of rotatable bonds is 5. The maximum atomic E-state index is 13.6. The zero-order valence-corrected chi connectivity index (χ0v) is 19.3. The van der Waals surface area contributed by atoms with E-state index in [4.69, 9.17) is 5.73 Å². The van der Waals surface area contributed by atoms with E-state index in [9.17, 15) is 36.2 Å². The van der Waals surface area contributed by atoms with Crippen LogP contribution in [0, 0.1) is 5.82 Å². The lowest BCUT2D eigenvalue weighted by Gasteiger charge is -2.23. The molecule has 4 aromatic rings. The number of nitrogens with zero attached hydrogens (tertiary/aromatic N) is 5. The molecule has 15 heteroatoms. The van der Waals surface area contributed by atoms with Crippen LogP contribution in [0.25, 0.3) is 17.2 Å². The molecule has 0 radical (unpaired) electrons. The first-order valence-electron chi connectivity index (χ1n) is 11.0. The van der Waals surface area contributed by atoms with Crippen molar-refractivity contribution in [1.29, 1.82) is 0 Å². The summed E-state index contributed by atoms with van der Waals surface area (Å²) >= 11 is 0. The van der Waals surface area contributed by atoms with Crippen LogP contribution in [0.5, 0.6) is 5.75 Å². The Kier molecular flexibility index (Phi) is 5.50. The number of benzene rings is 1. The zero-order chi connectivity index (χ0) is 27.6. The van der Waals surface area contributed by atoms with Gasteiger partial charge in [0.15, 0.2) is 23.0 Å². The summed E-state index contributed by atoms with van der Waals surface area (Å²) in [6, 6.07) is 3.37. The Labute approximate surface area is 209 Å². The van der Waals surface area contributed by atoms with Gasteiger partial charge >= 0.3 is 12.1 Å². The largest absolute Gasteiger partial charge is 0.505 e. The summed E-state index contributed by atoms with van der Waals surface area (Å²) in [7, 11) is 0. The SMILES string of the molecule is CC1(c2ccc(F)c(O)c2)C(=O)Nc2nc(-c3cn4ccnc4c(CCC(F)(F)C(F)(F)F)n3)nc(N)c21. The number of aromatic hydroxyl groups is 1. The molecule has 3 aromatic heterocycles. The molecule has 0 spiro atoms. The Balaban J connectivity index is 1.57. The minimum absolute atomic E-state index is 0.0125. The molecule has 0 bridgehead atoms. The maximum absolute atomic E-state index is 13.6. The number of anilines is 2. The number of aryl methyl sites for hydroxylation is 1. The first-order valence-corrected chi connectivity index (χ1v) is 11.0. The fourth-order valence-corrected chi connectivity index (χ4v) is 4.31. The molecule has 5 rings (SSSR count). The number of nitrogen functional groups attached to an aromatic ring is 1. The van der Waals surface area contributed by atoms with Gasteiger partial charge in [0.05, 0.1) is 11.3 Å². The van der Waals surface area contributed by atoms with Gasteiger partial charge in [-0.1, -0.05) is 6.07 Å². The quantitative estimate of drug-likeness (QED) is 0.328. The van der Waals surface area contributed by atoms with Crippen molar-refractivity contribution in [3.63, 3.8) is 0 Å². The molecule has 4 heterocycles. The van der Waals surface area contributed by atoms with E-state index in [0.717, 1.165) is 12.1 Å². The van der Waals surface area contributed by atoms with E-state index in [2.05, 4.69) is 25.3 Å². The second-order valence-corrected chi connectivity index (χ2v) is 8.83. The molecule has 0 saturated carbocycles. The number of halogens is 6. The third-order valence-corrected chi connectivity index (χ3v) is 6.41. The highest BCUT2D eigenvalue weighted by Gasteiger charge is 2.56. The first kappa shape index (κ1) is 25.2. The van der Waals surface area contributed by atoms with E-state index in [1.54, 1.807) is 0 Å². The number of hydrogen-bond acceptors (Lipinski definition) is 7. The van der Waals surface area contributed by atoms with Crippen molar-refractivity contribution in [3.05, 3.63) is 59.4 Å². The number of carbonyl (C=O) groups is 1. The third-order valence-electron chi connectivity index (χ3n) is 6.41. The Morgan fingerprint density at radius 3 is 2.58 bits per heavy atom. The fraction of sp³-hybridized carbons (Fsp3) is 0.261. The van der Waals surface area contributed by atoms with Gasteiger partial charge in [0, 0.05) is 25.0 Å². The number of carbonyl (C=O) groups excluding carboxylic acids is 1. The van der Waals surface area contributed by atoms with Crippen LogP contribution in [-0.4, -0.2) is 47.4 Å². The molecule has 198 valence electrons. The summed E-state index contributed by atoms with van der Waals surface area (Å²) in [5.41, 5.74) is 4.93. The highest BCUT2D eigenvalue weighted by molar-refractivity contribution is 6.09. The van der Waals surface area contributed by atoms with E-state index >= 15 is 0 Å². The summed E-state index contributed by atoms with van der Waals surface area (Å²) in [5, 5.41) is 12.4. The molecule has 38 heavy (non-hydrogen) atoms. The molecule has 1 amide bonds. The molecule has 1 aliphatic rings. The van der Waals surface area contributed by atoms with Crippen molar-refractivity contribution in [2.45, 2.75) is 37.3 Å². The Bertz CT molecular complexity index is 1600. The molecule has 1 atom stereocenters. The summed E-state index contributed by atoms with van der Waals surface area (Å²) in [6.45, 7) is 1.48. The van der Waals surface area contributed by atoms with Gasteiger partial charge in [0.25, 0.3) is 0 Å². The van der Waals surface area contributed by atoms with Crippen LogP contribution in [0.3, 0.4) is 0 Å². The molecule has 1 aliphatic heterocycles. The van der Waals surface area contributed by atoms with Crippen molar-refractivity contribution in [1.82, 2.24) is 24.3 Å². The number of nitrogens with two attached hydrogens (primary N) is 1. The monoisotopic (exact) mass is 537 g/mol. The number of phenolic OH excluding ortho intramolecular Hbond substituents is 1. The van der Waals surface area contributed by atoms with E-state index in [1.165, 1.54) is 36.0 Å². The van der Waals surface area contributed by atoms with Gasteiger partial charge < -0.3 is 20.6 Å². The lowest BCUT2D eigenvalue weighted by atomic mass is 9.77. The smallest absolute Gasteiger partial charge is 0.453 e. The Hall–Kier alpha value is -4.43. The summed E-state index contributed by atoms with van der Waals surface area (Å²) in [6.07, 6.45) is -3.91. The van der Waals surface area contributed by atoms with Gasteiger partial charge in [-0.25, -0.2) is 24.3 Å². The van der Waals surface area contributed by atoms with Crippen LogP contribution in [0.4, 0.5) is 38.0 Å². The van der Waals surface area contributed by atoms with Gasteiger partial charge in [-0.05, 0) is 31.0 Å². The number of aromatic nitrogens is 5. The normalized spacial score (nSPS) is 17.6. The number of amides is 1. The van der Waals surface area contributed by atoms with Gasteiger partial charge in [-0.3, -0.25) is 4.79 Å². The van der Waals surface area contributed by atoms with Crippen LogP contribution in [-0.2, 0) is 16.6 Å². The summed E-state index contributed by atoms with van der Waals surface area (Å²) in [4.78, 5) is 29.6. The number of hydrogen-bond donors (Lipinski definition) is 3. The molecule has 9 nitrogen and oxygen atoms in total. The number of fused-ring (bicyclic) bond motifs is 2. The van der Waals surface area contributed by atoms with Crippen LogP contribution >= 0.6 is 0 Å². The second-order valence-electron chi connectivity index (χ2n) is 8.83. The van der Waals surface area contributed by atoms with Crippen molar-refractivity contribution in [2.75, 3.05) is 11.1 Å². The lowest BCUT2D eigenvalue weighted by Crippen LogP contribution is -2.36. The second kappa shape index (κ2) is 8.29. The highest BCUT2D eigenvalue weighted by Crippen LogP contribution is 2.46. The molecule has 4 N–H and O–H groups in total. The number of phenols is 1. The van der Waals surface area contributed by atoms with Crippen LogP contribution < -0.4 is 11.1 Å². The zero-order valence-electron chi connectivity index (χ0n) is 19.3. The van der Waals surface area contributed by atoms with E-state index in [1.807, 2.05) is 0 Å². The minimum Gasteiger partial charge on any atom is -0.505 e. The molecule has 0 saturated heterocycles. The van der Waals surface area contributed by atoms with Crippen molar-refractivity contribution in [3.8, 4) is 17.3 Å². The predicted molar refractivity (Wildman–Crippen MR) is 121 cm³/mol. The summed E-state index contributed by atoms with van der Waals surface area (Å²) in [5.74, 6) is -7.43. The average Bonchev–Trinajstić information content (AvgIpc) is 3.41. The Morgan fingerprint density at radius 1 is 1.16 bits per heavy atom. The van der Waals surface area contributed by atoms with E-state index < -0.39 is 47.8 Å².